The smallest absolute Gasteiger partial charge is 0.129 e. The van der Waals surface area contributed by atoms with E-state index in [9.17, 15) is 0 Å². The summed E-state index contributed by atoms with van der Waals surface area (Å²) in [6, 6.07) is 4.17. The van der Waals surface area contributed by atoms with Gasteiger partial charge < -0.3 is 5.32 Å². The highest BCUT2D eigenvalue weighted by atomic mass is 31.1. The minimum Gasteiger partial charge on any atom is -0.364 e. The highest BCUT2D eigenvalue weighted by molar-refractivity contribution is 7.38. The monoisotopic (exact) mass is 180 g/mol. The SMILES string of the molecule is CPC1CCc2cccnc2N1. The van der Waals surface area contributed by atoms with Crippen LogP contribution in [0, 0.1) is 0 Å². The van der Waals surface area contributed by atoms with Crippen molar-refractivity contribution in [2.24, 2.45) is 0 Å². The average Bonchev–Trinajstić information content (AvgIpc) is 2.17. The van der Waals surface area contributed by atoms with E-state index < -0.39 is 0 Å². The van der Waals surface area contributed by atoms with E-state index in [1.807, 2.05) is 12.3 Å². The summed E-state index contributed by atoms with van der Waals surface area (Å²) in [7, 11) is 0.968. The van der Waals surface area contributed by atoms with Gasteiger partial charge in [-0.1, -0.05) is 6.07 Å². The Morgan fingerprint density at radius 1 is 1.67 bits per heavy atom. The zero-order chi connectivity index (χ0) is 8.39. The van der Waals surface area contributed by atoms with Crippen molar-refractivity contribution in [3.05, 3.63) is 23.9 Å². The van der Waals surface area contributed by atoms with Crippen molar-refractivity contribution in [2.75, 3.05) is 12.0 Å². The van der Waals surface area contributed by atoms with Gasteiger partial charge >= 0.3 is 0 Å². The maximum Gasteiger partial charge on any atom is 0.129 e. The zero-order valence-electron chi connectivity index (χ0n) is 7.17. The summed E-state index contributed by atoms with van der Waals surface area (Å²) in [6.45, 7) is 2.24. The van der Waals surface area contributed by atoms with Crippen molar-refractivity contribution in [1.82, 2.24) is 4.98 Å². The van der Waals surface area contributed by atoms with Gasteiger partial charge in [0.25, 0.3) is 0 Å². The molecule has 2 nitrogen and oxygen atoms in total. The van der Waals surface area contributed by atoms with Crippen LogP contribution in [0.4, 0.5) is 5.82 Å². The minimum absolute atomic E-state index is 0.660. The lowest BCUT2D eigenvalue weighted by molar-refractivity contribution is 0.775. The van der Waals surface area contributed by atoms with Crippen molar-refractivity contribution < 1.29 is 0 Å². The first-order valence-corrected chi connectivity index (χ1v) is 5.85. The fourth-order valence-corrected chi connectivity index (χ4v) is 2.24. The molecule has 0 amide bonds. The van der Waals surface area contributed by atoms with Crippen LogP contribution < -0.4 is 5.32 Å². The largest absolute Gasteiger partial charge is 0.364 e. The molecule has 2 unspecified atom stereocenters. The van der Waals surface area contributed by atoms with E-state index in [4.69, 9.17) is 0 Å². The van der Waals surface area contributed by atoms with Gasteiger partial charge in [-0.3, -0.25) is 0 Å². The van der Waals surface area contributed by atoms with E-state index in [-0.39, 0.29) is 0 Å². The molecule has 1 N–H and O–H groups in total. The summed E-state index contributed by atoms with van der Waals surface area (Å²) < 4.78 is 0. The Kier molecular flexibility index (Phi) is 2.27. The van der Waals surface area contributed by atoms with E-state index >= 15 is 0 Å². The molecule has 2 heterocycles. The zero-order valence-corrected chi connectivity index (χ0v) is 8.17. The minimum atomic E-state index is 0.660. The third-order valence-electron chi connectivity index (χ3n) is 2.25. The molecule has 0 bridgehead atoms. The maximum absolute atomic E-state index is 4.31. The molecule has 64 valence electrons. The first kappa shape index (κ1) is 8.00. The Morgan fingerprint density at radius 2 is 2.58 bits per heavy atom. The Balaban J connectivity index is 2.23. The molecule has 0 aliphatic carbocycles. The second-order valence-electron chi connectivity index (χ2n) is 3.04. The molecule has 0 spiro atoms. The van der Waals surface area contributed by atoms with Gasteiger partial charge in [-0.25, -0.2) is 4.98 Å². The third-order valence-corrected chi connectivity index (χ3v) is 3.38. The van der Waals surface area contributed by atoms with Crippen LogP contribution in [0.15, 0.2) is 18.3 Å². The van der Waals surface area contributed by atoms with Crippen molar-refractivity contribution in [3.63, 3.8) is 0 Å². The lowest BCUT2D eigenvalue weighted by Gasteiger charge is -2.24. The number of aromatic nitrogens is 1. The van der Waals surface area contributed by atoms with E-state index in [0.717, 1.165) is 14.4 Å². The number of nitrogens with one attached hydrogen (secondary N) is 1. The molecule has 1 aromatic heterocycles. The molecule has 0 radical (unpaired) electrons. The van der Waals surface area contributed by atoms with E-state index in [2.05, 4.69) is 23.0 Å². The van der Waals surface area contributed by atoms with Crippen molar-refractivity contribution in [1.29, 1.82) is 0 Å². The summed E-state index contributed by atoms with van der Waals surface area (Å²) in [5.41, 5.74) is 1.37. The second-order valence-corrected chi connectivity index (χ2v) is 4.31. The Bertz CT molecular complexity index is 275. The topological polar surface area (TPSA) is 24.9 Å². The van der Waals surface area contributed by atoms with Crippen molar-refractivity contribution in [2.45, 2.75) is 18.6 Å². The first-order valence-electron chi connectivity index (χ1n) is 4.28. The predicted molar refractivity (Wildman–Crippen MR) is 54.2 cm³/mol. The number of hydrogen-bond acceptors (Lipinski definition) is 2. The van der Waals surface area contributed by atoms with Crippen LogP contribution in [0.25, 0.3) is 0 Å². The molecular weight excluding hydrogens is 167 g/mol. The van der Waals surface area contributed by atoms with Crippen LogP contribution in [0.3, 0.4) is 0 Å². The normalized spacial score (nSPS) is 22.2. The van der Waals surface area contributed by atoms with Gasteiger partial charge in [-0.2, -0.15) is 0 Å². The summed E-state index contributed by atoms with van der Waals surface area (Å²) in [6.07, 6.45) is 4.29. The predicted octanol–water partition coefficient (Wildman–Crippen LogP) is 2.07. The van der Waals surface area contributed by atoms with Crippen LogP contribution in [0.5, 0.6) is 0 Å². The molecule has 1 aliphatic rings. The molecule has 0 saturated heterocycles. The second kappa shape index (κ2) is 3.40. The molecule has 0 fully saturated rings. The third kappa shape index (κ3) is 1.44. The number of aryl methyl sites for hydroxylation is 1. The average molecular weight is 180 g/mol. The molecule has 2 atom stereocenters. The van der Waals surface area contributed by atoms with E-state index in [0.29, 0.717) is 5.78 Å². The molecular formula is C9H13N2P. The van der Waals surface area contributed by atoms with Crippen LogP contribution in [0.1, 0.15) is 12.0 Å². The molecule has 3 heteroatoms. The Labute approximate surface area is 74.6 Å². The number of anilines is 1. The fourth-order valence-electron chi connectivity index (χ4n) is 1.52. The van der Waals surface area contributed by atoms with Gasteiger partial charge in [0.15, 0.2) is 0 Å². The van der Waals surface area contributed by atoms with E-state index in [1.54, 1.807) is 0 Å². The highest BCUT2D eigenvalue weighted by Gasteiger charge is 2.15. The Morgan fingerprint density at radius 3 is 3.42 bits per heavy atom. The lowest BCUT2D eigenvalue weighted by atomic mass is 10.1. The lowest BCUT2D eigenvalue weighted by Crippen LogP contribution is -2.21. The molecule has 2 rings (SSSR count). The highest BCUT2D eigenvalue weighted by Crippen LogP contribution is 2.28. The number of nitrogens with zero attached hydrogens (tertiary/aromatic N) is 1. The summed E-state index contributed by atoms with van der Waals surface area (Å²) in [5.74, 6) is 1.76. The summed E-state index contributed by atoms with van der Waals surface area (Å²) in [4.78, 5) is 4.31. The first-order chi connectivity index (χ1) is 5.90. The molecule has 1 aliphatic heterocycles. The number of fused-ring (bicyclic) bond motifs is 1. The van der Waals surface area contributed by atoms with Gasteiger partial charge in [0, 0.05) is 12.0 Å². The fraction of sp³-hybridized carbons (Fsp3) is 0.444. The summed E-state index contributed by atoms with van der Waals surface area (Å²) in [5, 5.41) is 3.45. The molecule has 0 aromatic carbocycles. The number of hydrogen-bond donors (Lipinski definition) is 1. The van der Waals surface area contributed by atoms with Crippen molar-refractivity contribution in [3.8, 4) is 0 Å². The molecule has 12 heavy (non-hydrogen) atoms. The number of pyridine rings is 1. The van der Waals surface area contributed by atoms with Gasteiger partial charge in [-0.05, 0) is 31.1 Å². The maximum atomic E-state index is 4.31. The molecule has 0 saturated carbocycles. The van der Waals surface area contributed by atoms with Crippen molar-refractivity contribution >= 4 is 14.4 Å². The molecule has 1 aromatic rings. The van der Waals surface area contributed by atoms with Crippen LogP contribution >= 0.6 is 8.58 Å². The Hall–Kier alpha value is -0.620. The van der Waals surface area contributed by atoms with E-state index in [1.165, 1.54) is 18.4 Å². The van der Waals surface area contributed by atoms with Crippen LogP contribution in [0.2, 0.25) is 0 Å². The number of rotatable bonds is 1. The summed E-state index contributed by atoms with van der Waals surface area (Å²) >= 11 is 0. The van der Waals surface area contributed by atoms with Crippen LogP contribution in [-0.2, 0) is 6.42 Å². The van der Waals surface area contributed by atoms with Gasteiger partial charge in [0.1, 0.15) is 5.82 Å². The van der Waals surface area contributed by atoms with Gasteiger partial charge in [0.2, 0.25) is 0 Å². The van der Waals surface area contributed by atoms with Crippen LogP contribution in [-0.4, -0.2) is 17.4 Å². The standard InChI is InChI=1S/C9H13N2P/c1-12-8-5-4-7-3-2-6-10-9(7)11-8/h2-3,6,8,12H,4-5H2,1H3,(H,10,11). The van der Waals surface area contributed by atoms with Gasteiger partial charge in [-0.15, -0.1) is 8.58 Å². The quantitative estimate of drug-likeness (QED) is 0.669. The van der Waals surface area contributed by atoms with Gasteiger partial charge in [0.05, 0.1) is 0 Å².